The Morgan fingerprint density at radius 3 is 2.84 bits per heavy atom. The molecule has 0 radical (unpaired) electrons. The zero-order valence-corrected chi connectivity index (χ0v) is 12.7. The molecule has 0 aliphatic heterocycles. The van der Waals surface area contributed by atoms with Crippen LogP contribution in [0.5, 0.6) is 0 Å². The molecule has 0 saturated heterocycles. The van der Waals surface area contributed by atoms with Gasteiger partial charge < -0.3 is 5.32 Å². The van der Waals surface area contributed by atoms with Crippen LogP contribution in [0, 0.1) is 0 Å². The van der Waals surface area contributed by atoms with E-state index in [2.05, 4.69) is 27.8 Å². The molecule has 7 heteroatoms. The number of rotatable bonds is 6. The number of tetrazole rings is 1. The lowest BCUT2D eigenvalue weighted by Crippen LogP contribution is -2.46. The zero-order chi connectivity index (χ0) is 14.0. The van der Waals surface area contributed by atoms with Crippen LogP contribution >= 0.6 is 11.8 Å². The summed E-state index contributed by atoms with van der Waals surface area (Å²) in [5.41, 5.74) is -0.172. The van der Waals surface area contributed by atoms with Gasteiger partial charge in [-0.3, -0.25) is 4.79 Å². The van der Waals surface area contributed by atoms with Crippen molar-refractivity contribution in [1.29, 1.82) is 0 Å². The molecule has 1 aromatic rings. The summed E-state index contributed by atoms with van der Waals surface area (Å²) in [5.74, 6) is 0.0298. The third-order valence-electron chi connectivity index (χ3n) is 3.35. The molecule has 1 heterocycles. The summed E-state index contributed by atoms with van der Waals surface area (Å²) < 4.78 is 1.83. The Balaban J connectivity index is 1.94. The number of nitrogens with one attached hydrogen (secondary N) is 1. The summed E-state index contributed by atoms with van der Waals surface area (Å²) in [5, 5.41) is 15.3. The molecule has 1 aliphatic rings. The van der Waals surface area contributed by atoms with E-state index in [1.165, 1.54) is 11.8 Å². The average molecular weight is 283 g/mol. The van der Waals surface area contributed by atoms with Crippen molar-refractivity contribution in [1.82, 2.24) is 25.5 Å². The fraction of sp³-hybridized carbons (Fsp3) is 0.833. The van der Waals surface area contributed by atoms with E-state index < -0.39 is 0 Å². The molecule has 6 nitrogen and oxygen atoms in total. The van der Waals surface area contributed by atoms with Crippen LogP contribution in [0.2, 0.25) is 0 Å². The topological polar surface area (TPSA) is 72.7 Å². The Morgan fingerprint density at radius 1 is 1.58 bits per heavy atom. The van der Waals surface area contributed by atoms with Crippen molar-refractivity contribution >= 4 is 17.7 Å². The number of carbonyl (C=O) groups excluding carboxylic acids is 1. The van der Waals surface area contributed by atoms with E-state index in [4.69, 9.17) is 0 Å². The smallest absolute Gasteiger partial charge is 0.233 e. The first-order valence-electron chi connectivity index (χ1n) is 6.69. The number of hydrogen-bond acceptors (Lipinski definition) is 5. The molecule has 1 saturated carbocycles. The molecule has 2 rings (SSSR count). The second kappa shape index (κ2) is 5.48. The van der Waals surface area contributed by atoms with Gasteiger partial charge in [-0.15, -0.1) is 5.10 Å². The van der Waals surface area contributed by atoms with Crippen molar-refractivity contribution in [3.63, 3.8) is 0 Å². The number of amides is 1. The van der Waals surface area contributed by atoms with Crippen LogP contribution in [-0.2, 0) is 4.79 Å². The Kier molecular flexibility index (Phi) is 4.13. The molecule has 0 spiro atoms. The molecular weight excluding hydrogens is 262 g/mol. The molecule has 1 aliphatic carbocycles. The summed E-state index contributed by atoms with van der Waals surface area (Å²) in [7, 11) is 0. The fourth-order valence-electron chi connectivity index (χ4n) is 1.55. The zero-order valence-electron chi connectivity index (χ0n) is 11.9. The van der Waals surface area contributed by atoms with Crippen molar-refractivity contribution in [2.45, 2.75) is 68.9 Å². The Hall–Kier alpha value is -1.11. The van der Waals surface area contributed by atoms with Gasteiger partial charge in [0.25, 0.3) is 0 Å². The van der Waals surface area contributed by atoms with Gasteiger partial charge in [-0.25, -0.2) is 4.68 Å². The highest BCUT2D eigenvalue weighted by Crippen LogP contribution is 2.37. The van der Waals surface area contributed by atoms with E-state index in [9.17, 15) is 4.79 Å². The summed E-state index contributed by atoms with van der Waals surface area (Å²) in [6.45, 7) is 8.00. The molecule has 106 valence electrons. The lowest BCUT2D eigenvalue weighted by atomic mass is 10.0. The monoisotopic (exact) mass is 283 g/mol. The van der Waals surface area contributed by atoms with Gasteiger partial charge in [-0.1, -0.05) is 18.7 Å². The van der Waals surface area contributed by atoms with Gasteiger partial charge >= 0.3 is 0 Å². The second-order valence-corrected chi connectivity index (χ2v) is 6.93. The lowest BCUT2D eigenvalue weighted by molar-refractivity contribution is -0.121. The van der Waals surface area contributed by atoms with Crippen molar-refractivity contribution in [2.75, 3.05) is 0 Å². The van der Waals surface area contributed by atoms with E-state index in [0.717, 1.165) is 24.4 Å². The van der Waals surface area contributed by atoms with Crippen LogP contribution in [0.4, 0.5) is 0 Å². The molecule has 1 aromatic heterocycles. The quantitative estimate of drug-likeness (QED) is 0.806. The Labute approximate surface area is 117 Å². The standard InChI is InChI=1S/C12H21N5OS/c1-5-12(3,4)13-10(18)8(2)19-11-14-15-16-17(11)9-6-7-9/h8-9H,5-7H2,1-4H3,(H,13,18). The minimum Gasteiger partial charge on any atom is -0.350 e. The predicted molar refractivity (Wildman–Crippen MR) is 73.9 cm³/mol. The first kappa shape index (κ1) is 14.3. The SMILES string of the molecule is CCC(C)(C)NC(=O)C(C)Sc1nnnn1C1CC1. The van der Waals surface area contributed by atoms with Gasteiger partial charge in [-0.05, 0) is 50.5 Å². The molecule has 0 aromatic carbocycles. The first-order chi connectivity index (χ1) is 8.93. The minimum atomic E-state index is -0.200. The molecule has 1 amide bonds. The largest absolute Gasteiger partial charge is 0.350 e. The van der Waals surface area contributed by atoms with Crippen LogP contribution in [0.25, 0.3) is 0 Å². The maximum atomic E-state index is 12.1. The second-order valence-electron chi connectivity index (χ2n) is 5.62. The van der Waals surface area contributed by atoms with E-state index >= 15 is 0 Å². The highest BCUT2D eigenvalue weighted by atomic mass is 32.2. The maximum absolute atomic E-state index is 12.1. The van der Waals surface area contributed by atoms with Gasteiger partial charge in [0, 0.05) is 5.54 Å². The van der Waals surface area contributed by atoms with Gasteiger partial charge in [0.2, 0.25) is 11.1 Å². The average Bonchev–Trinajstić information content (AvgIpc) is 3.10. The fourth-order valence-corrected chi connectivity index (χ4v) is 2.41. The van der Waals surface area contributed by atoms with Crippen molar-refractivity contribution in [3.8, 4) is 0 Å². The first-order valence-corrected chi connectivity index (χ1v) is 7.57. The summed E-state index contributed by atoms with van der Waals surface area (Å²) in [6.07, 6.45) is 3.15. The van der Waals surface area contributed by atoms with Crippen LogP contribution in [0.3, 0.4) is 0 Å². The molecule has 19 heavy (non-hydrogen) atoms. The van der Waals surface area contributed by atoms with Gasteiger partial charge in [0.05, 0.1) is 11.3 Å². The van der Waals surface area contributed by atoms with Crippen molar-refractivity contribution < 1.29 is 4.79 Å². The Bertz CT molecular complexity index is 455. The number of aromatic nitrogens is 4. The molecule has 1 atom stereocenters. The third-order valence-corrected chi connectivity index (χ3v) is 4.40. The Morgan fingerprint density at radius 2 is 2.26 bits per heavy atom. The van der Waals surface area contributed by atoms with Crippen LogP contribution in [-0.4, -0.2) is 36.9 Å². The minimum absolute atomic E-state index is 0.0298. The van der Waals surface area contributed by atoms with Gasteiger partial charge in [0.1, 0.15) is 0 Å². The van der Waals surface area contributed by atoms with Gasteiger partial charge in [0.15, 0.2) is 0 Å². The number of thioether (sulfide) groups is 1. The van der Waals surface area contributed by atoms with Crippen LogP contribution < -0.4 is 5.32 Å². The summed E-state index contributed by atoms with van der Waals surface area (Å²) >= 11 is 1.42. The molecule has 1 unspecified atom stereocenters. The van der Waals surface area contributed by atoms with Crippen molar-refractivity contribution in [2.24, 2.45) is 0 Å². The number of nitrogens with zero attached hydrogens (tertiary/aromatic N) is 4. The van der Waals surface area contributed by atoms with E-state index in [-0.39, 0.29) is 16.7 Å². The predicted octanol–water partition coefficient (Wildman–Crippen LogP) is 1.79. The summed E-state index contributed by atoms with van der Waals surface area (Å²) in [4.78, 5) is 12.1. The number of hydrogen-bond donors (Lipinski definition) is 1. The highest BCUT2D eigenvalue weighted by molar-refractivity contribution is 8.00. The molecule has 1 N–H and O–H groups in total. The molecule has 1 fully saturated rings. The third kappa shape index (κ3) is 3.68. The van der Waals surface area contributed by atoms with Crippen LogP contribution in [0.1, 0.15) is 53.0 Å². The van der Waals surface area contributed by atoms with E-state index in [1.807, 2.05) is 25.5 Å². The van der Waals surface area contributed by atoms with Gasteiger partial charge in [-0.2, -0.15) is 0 Å². The van der Waals surface area contributed by atoms with E-state index in [0.29, 0.717) is 6.04 Å². The normalized spacial score (nSPS) is 17.3. The van der Waals surface area contributed by atoms with Crippen molar-refractivity contribution in [3.05, 3.63) is 0 Å². The van der Waals surface area contributed by atoms with Crippen LogP contribution in [0.15, 0.2) is 5.16 Å². The number of carbonyl (C=O) groups is 1. The van der Waals surface area contributed by atoms with E-state index in [1.54, 1.807) is 0 Å². The maximum Gasteiger partial charge on any atom is 0.233 e. The lowest BCUT2D eigenvalue weighted by Gasteiger charge is -2.26. The highest BCUT2D eigenvalue weighted by Gasteiger charge is 2.30. The molecule has 0 bridgehead atoms. The summed E-state index contributed by atoms with van der Waals surface area (Å²) in [6, 6.07) is 0.430. The molecular formula is C12H21N5OS.